The van der Waals surface area contributed by atoms with E-state index in [1.165, 1.54) is 5.56 Å². The Morgan fingerprint density at radius 1 is 1.07 bits per heavy atom. The molecule has 3 rings (SSSR count). The van der Waals surface area contributed by atoms with Gasteiger partial charge in [-0.05, 0) is 43.0 Å². The van der Waals surface area contributed by atoms with Crippen LogP contribution in [0.5, 0.6) is 0 Å². The van der Waals surface area contributed by atoms with Gasteiger partial charge in [0.15, 0.2) is 0 Å². The SMILES string of the molecule is CCCN1NC(Cc2ccc(Br)cc2)=C(C(=O)OCC)C1Cc1ccccc1. The number of carbonyl (C=O) groups excluding carboxylic acids is 1. The van der Waals surface area contributed by atoms with Gasteiger partial charge in [-0.1, -0.05) is 65.3 Å². The first-order valence-corrected chi connectivity index (χ1v) is 10.6. The molecule has 5 heteroatoms. The molecular weight excluding hydrogens is 416 g/mol. The van der Waals surface area contributed by atoms with Crippen molar-refractivity contribution in [1.82, 2.24) is 10.4 Å². The molecule has 0 spiro atoms. The van der Waals surface area contributed by atoms with Crippen LogP contribution in [0.2, 0.25) is 0 Å². The first-order chi connectivity index (χ1) is 13.6. The number of ether oxygens (including phenoxy) is 1. The topological polar surface area (TPSA) is 41.6 Å². The minimum absolute atomic E-state index is 0.0353. The molecule has 2 aromatic rings. The molecule has 0 aliphatic carbocycles. The van der Waals surface area contributed by atoms with E-state index in [0.717, 1.165) is 40.7 Å². The van der Waals surface area contributed by atoms with Gasteiger partial charge in [0.25, 0.3) is 0 Å². The highest BCUT2D eigenvalue weighted by Gasteiger charge is 2.37. The van der Waals surface area contributed by atoms with Gasteiger partial charge >= 0.3 is 5.97 Å². The third kappa shape index (κ3) is 5.03. The van der Waals surface area contributed by atoms with E-state index in [4.69, 9.17) is 4.74 Å². The van der Waals surface area contributed by atoms with Gasteiger partial charge in [-0.25, -0.2) is 9.80 Å². The van der Waals surface area contributed by atoms with Crippen molar-refractivity contribution >= 4 is 21.9 Å². The van der Waals surface area contributed by atoms with E-state index in [1.54, 1.807) is 0 Å². The third-order valence-corrected chi connectivity index (χ3v) is 5.37. The number of nitrogens with one attached hydrogen (secondary N) is 1. The number of nitrogens with zero attached hydrogens (tertiary/aromatic N) is 1. The summed E-state index contributed by atoms with van der Waals surface area (Å²) in [6, 6.07) is 18.5. The van der Waals surface area contributed by atoms with Crippen LogP contribution in [0.3, 0.4) is 0 Å². The molecule has 0 fully saturated rings. The van der Waals surface area contributed by atoms with Gasteiger partial charge in [-0.3, -0.25) is 0 Å². The molecule has 1 aliphatic heterocycles. The number of benzene rings is 2. The second kappa shape index (κ2) is 9.89. The van der Waals surface area contributed by atoms with Crippen LogP contribution in [0.15, 0.2) is 70.3 Å². The molecule has 148 valence electrons. The Hall–Kier alpha value is -2.11. The Morgan fingerprint density at radius 3 is 2.43 bits per heavy atom. The molecule has 4 nitrogen and oxygen atoms in total. The van der Waals surface area contributed by atoms with E-state index in [2.05, 4.69) is 57.6 Å². The lowest BCUT2D eigenvalue weighted by atomic mass is 9.96. The van der Waals surface area contributed by atoms with E-state index >= 15 is 0 Å². The van der Waals surface area contributed by atoms with E-state index in [-0.39, 0.29) is 12.0 Å². The molecule has 2 aromatic carbocycles. The number of hydrogen-bond donors (Lipinski definition) is 1. The second-order valence-electron chi connectivity index (χ2n) is 6.93. The Labute approximate surface area is 175 Å². The predicted octanol–water partition coefficient (Wildman–Crippen LogP) is 4.65. The molecule has 0 bridgehead atoms. The normalized spacial score (nSPS) is 16.9. The molecule has 1 N–H and O–H groups in total. The first kappa shape index (κ1) is 20.6. The Balaban J connectivity index is 1.94. The van der Waals surface area contributed by atoms with Gasteiger partial charge in [0.2, 0.25) is 0 Å². The van der Waals surface area contributed by atoms with Crippen LogP contribution in [0.4, 0.5) is 0 Å². The van der Waals surface area contributed by atoms with Gasteiger partial charge in [0.05, 0.1) is 18.2 Å². The minimum atomic E-state index is -0.221. The van der Waals surface area contributed by atoms with Crippen molar-refractivity contribution in [1.29, 1.82) is 0 Å². The average molecular weight is 443 g/mol. The van der Waals surface area contributed by atoms with Crippen molar-refractivity contribution in [3.05, 3.63) is 81.5 Å². The number of hydrogen-bond acceptors (Lipinski definition) is 4. The summed E-state index contributed by atoms with van der Waals surface area (Å²) in [6.45, 7) is 5.24. The highest BCUT2D eigenvalue weighted by molar-refractivity contribution is 9.10. The fourth-order valence-electron chi connectivity index (χ4n) is 3.58. The molecule has 0 aromatic heterocycles. The number of hydrazine groups is 1. The summed E-state index contributed by atoms with van der Waals surface area (Å²) < 4.78 is 6.48. The highest BCUT2D eigenvalue weighted by Crippen LogP contribution is 2.28. The zero-order valence-corrected chi connectivity index (χ0v) is 18.0. The van der Waals surface area contributed by atoms with Crippen molar-refractivity contribution in [3.8, 4) is 0 Å². The molecule has 0 saturated carbocycles. The largest absolute Gasteiger partial charge is 0.463 e. The molecule has 1 aliphatic rings. The summed E-state index contributed by atoms with van der Waals surface area (Å²) >= 11 is 3.48. The quantitative estimate of drug-likeness (QED) is 0.604. The van der Waals surface area contributed by atoms with E-state index < -0.39 is 0 Å². The third-order valence-electron chi connectivity index (χ3n) is 4.84. The maximum absolute atomic E-state index is 12.9. The van der Waals surface area contributed by atoms with Crippen molar-refractivity contribution in [3.63, 3.8) is 0 Å². The maximum Gasteiger partial charge on any atom is 0.337 e. The second-order valence-corrected chi connectivity index (χ2v) is 7.84. The minimum Gasteiger partial charge on any atom is -0.463 e. The number of allylic oxidation sites excluding steroid dienone is 1. The van der Waals surface area contributed by atoms with Gasteiger partial charge in [-0.2, -0.15) is 0 Å². The zero-order valence-electron chi connectivity index (χ0n) is 16.5. The van der Waals surface area contributed by atoms with E-state index in [0.29, 0.717) is 13.0 Å². The zero-order chi connectivity index (χ0) is 19.9. The molecule has 1 atom stereocenters. The van der Waals surface area contributed by atoms with Crippen LogP contribution in [0, 0.1) is 0 Å². The Kier molecular flexibility index (Phi) is 7.29. The molecular formula is C23H27BrN2O2. The van der Waals surface area contributed by atoms with Crippen LogP contribution in [-0.4, -0.2) is 30.2 Å². The van der Waals surface area contributed by atoms with Crippen molar-refractivity contribution in [2.24, 2.45) is 0 Å². The number of halogens is 1. The Morgan fingerprint density at radius 2 is 1.79 bits per heavy atom. The summed E-state index contributed by atoms with van der Waals surface area (Å²) in [5.41, 5.74) is 7.57. The van der Waals surface area contributed by atoms with E-state index in [1.807, 2.05) is 37.3 Å². The van der Waals surface area contributed by atoms with Crippen LogP contribution >= 0.6 is 15.9 Å². The smallest absolute Gasteiger partial charge is 0.337 e. The lowest BCUT2D eigenvalue weighted by Crippen LogP contribution is -2.42. The first-order valence-electron chi connectivity index (χ1n) is 9.84. The molecule has 28 heavy (non-hydrogen) atoms. The van der Waals surface area contributed by atoms with Crippen molar-refractivity contribution in [2.45, 2.75) is 39.2 Å². The molecule has 0 amide bonds. The summed E-state index contributed by atoms with van der Waals surface area (Å²) in [7, 11) is 0. The molecule has 0 radical (unpaired) electrons. The summed E-state index contributed by atoms with van der Waals surface area (Å²) in [4.78, 5) is 12.9. The number of esters is 1. The highest BCUT2D eigenvalue weighted by atomic mass is 79.9. The summed E-state index contributed by atoms with van der Waals surface area (Å²) in [5, 5.41) is 2.19. The summed E-state index contributed by atoms with van der Waals surface area (Å²) in [6.07, 6.45) is 2.44. The lowest BCUT2D eigenvalue weighted by molar-refractivity contribution is -0.139. The van der Waals surface area contributed by atoms with Gasteiger partial charge < -0.3 is 10.2 Å². The van der Waals surface area contributed by atoms with Crippen LogP contribution in [0.25, 0.3) is 0 Å². The van der Waals surface area contributed by atoms with Gasteiger partial charge in [0, 0.05) is 23.1 Å². The molecule has 1 unspecified atom stereocenters. The van der Waals surface area contributed by atoms with Gasteiger partial charge in [-0.15, -0.1) is 0 Å². The summed E-state index contributed by atoms with van der Waals surface area (Å²) in [5.74, 6) is -0.221. The fraction of sp³-hybridized carbons (Fsp3) is 0.348. The van der Waals surface area contributed by atoms with Crippen LogP contribution in [-0.2, 0) is 22.4 Å². The number of rotatable bonds is 8. The number of carbonyl (C=O) groups is 1. The monoisotopic (exact) mass is 442 g/mol. The average Bonchev–Trinajstić information content (AvgIpc) is 3.02. The van der Waals surface area contributed by atoms with Crippen molar-refractivity contribution < 1.29 is 9.53 Å². The maximum atomic E-state index is 12.9. The lowest BCUT2D eigenvalue weighted by Gasteiger charge is -2.26. The Bertz CT molecular complexity index is 818. The van der Waals surface area contributed by atoms with Crippen LogP contribution < -0.4 is 5.43 Å². The van der Waals surface area contributed by atoms with E-state index in [9.17, 15) is 4.79 Å². The standard InChI is InChI=1S/C23H27BrN2O2/c1-3-14-26-21(16-17-8-6-5-7-9-17)22(23(27)28-4-2)20(25-26)15-18-10-12-19(24)13-11-18/h5-13,21,25H,3-4,14-16H2,1-2H3. The fourth-order valence-corrected chi connectivity index (χ4v) is 3.84. The van der Waals surface area contributed by atoms with Crippen LogP contribution in [0.1, 0.15) is 31.4 Å². The van der Waals surface area contributed by atoms with Gasteiger partial charge in [0.1, 0.15) is 0 Å². The van der Waals surface area contributed by atoms with Crippen molar-refractivity contribution in [2.75, 3.05) is 13.2 Å². The predicted molar refractivity (Wildman–Crippen MR) is 116 cm³/mol. The molecule has 1 heterocycles. The molecule has 0 saturated heterocycles.